The molecular weight excluding hydrogens is 308 g/mol. The molecule has 0 saturated carbocycles. The number of hydrogen-bond acceptors (Lipinski definition) is 3. The third kappa shape index (κ3) is 2.32. The van der Waals surface area contributed by atoms with Crippen LogP contribution in [0.2, 0.25) is 5.02 Å². The number of benzene rings is 1. The van der Waals surface area contributed by atoms with Crippen molar-refractivity contribution >= 4 is 33.2 Å². The maximum Gasteiger partial charge on any atom is 0.332 e. The van der Waals surface area contributed by atoms with Gasteiger partial charge in [-0.2, -0.15) is 0 Å². The van der Waals surface area contributed by atoms with Crippen LogP contribution in [-0.2, 0) is 13.6 Å². The van der Waals surface area contributed by atoms with Gasteiger partial charge in [-0.3, -0.25) is 13.9 Å². The lowest BCUT2D eigenvalue weighted by atomic mass is 10.2. The van der Waals surface area contributed by atoms with Crippen molar-refractivity contribution < 1.29 is 0 Å². The first kappa shape index (κ1) is 14.1. The molecule has 0 atom stereocenters. The molecule has 108 valence electrons. The second kappa shape index (κ2) is 5.16. The Hall–Kier alpha value is -1.85. The zero-order chi connectivity index (χ0) is 15.1. The van der Waals surface area contributed by atoms with Crippen LogP contribution in [0.25, 0.3) is 10.2 Å². The molecule has 0 saturated heterocycles. The molecule has 2 heterocycles. The summed E-state index contributed by atoms with van der Waals surface area (Å²) in [6.07, 6.45) is 0. The molecule has 0 aliphatic heterocycles. The first-order valence-corrected chi connectivity index (χ1v) is 7.62. The standard InChI is InChI=1S/C15H13ClN2O2S/c1-9-7-11-13(19)17(2)15(20)18(14(11)21-9)8-10-5-3-4-6-12(10)16/h3-7H,8H2,1-2H3. The van der Waals surface area contributed by atoms with Crippen molar-refractivity contribution in [2.45, 2.75) is 13.5 Å². The van der Waals surface area contributed by atoms with Crippen LogP contribution in [0.1, 0.15) is 10.4 Å². The first-order valence-electron chi connectivity index (χ1n) is 6.42. The quantitative estimate of drug-likeness (QED) is 0.729. The minimum Gasteiger partial charge on any atom is -0.280 e. The summed E-state index contributed by atoms with van der Waals surface area (Å²) in [6.45, 7) is 2.28. The van der Waals surface area contributed by atoms with Gasteiger partial charge in [-0.1, -0.05) is 29.8 Å². The molecule has 0 aliphatic carbocycles. The van der Waals surface area contributed by atoms with Crippen molar-refractivity contribution in [2.75, 3.05) is 0 Å². The highest BCUT2D eigenvalue weighted by atomic mass is 35.5. The normalized spacial score (nSPS) is 11.2. The van der Waals surface area contributed by atoms with E-state index in [-0.39, 0.29) is 11.2 Å². The topological polar surface area (TPSA) is 44.0 Å². The van der Waals surface area contributed by atoms with E-state index in [2.05, 4.69) is 0 Å². The second-order valence-corrected chi connectivity index (χ2v) is 6.54. The van der Waals surface area contributed by atoms with Gasteiger partial charge in [0.05, 0.1) is 11.9 Å². The van der Waals surface area contributed by atoms with Gasteiger partial charge in [0, 0.05) is 16.9 Å². The number of halogens is 1. The van der Waals surface area contributed by atoms with Crippen LogP contribution in [0.3, 0.4) is 0 Å². The monoisotopic (exact) mass is 320 g/mol. The third-order valence-electron chi connectivity index (χ3n) is 3.42. The summed E-state index contributed by atoms with van der Waals surface area (Å²) < 4.78 is 2.75. The lowest BCUT2D eigenvalue weighted by Crippen LogP contribution is -2.37. The molecule has 0 bridgehead atoms. The highest BCUT2D eigenvalue weighted by Gasteiger charge is 2.14. The van der Waals surface area contributed by atoms with E-state index in [4.69, 9.17) is 11.6 Å². The van der Waals surface area contributed by atoms with Crippen LogP contribution in [0.15, 0.2) is 39.9 Å². The van der Waals surface area contributed by atoms with E-state index >= 15 is 0 Å². The van der Waals surface area contributed by atoms with Gasteiger partial charge in [-0.05, 0) is 24.6 Å². The molecule has 1 aromatic carbocycles. The molecule has 4 nitrogen and oxygen atoms in total. The number of aryl methyl sites for hydroxylation is 1. The Morgan fingerprint density at radius 1 is 1.24 bits per heavy atom. The van der Waals surface area contributed by atoms with Crippen LogP contribution in [-0.4, -0.2) is 9.13 Å². The predicted octanol–water partition coefficient (Wildman–Crippen LogP) is 2.77. The summed E-state index contributed by atoms with van der Waals surface area (Å²) in [6, 6.07) is 9.23. The fraction of sp³-hybridized carbons (Fsp3) is 0.200. The van der Waals surface area contributed by atoms with Gasteiger partial charge in [-0.15, -0.1) is 11.3 Å². The Morgan fingerprint density at radius 2 is 1.95 bits per heavy atom. The summed E-state index contributed by atoms with van der Waals surface area (Å²) in [5, 5.41) is 1.19. The first-order chi connectivity index (χ1) is 9.99. The Kier molecular flexibility index (Phi) is 3.47. The van der Waals surface area contributed by atoms with Crippen molar-refractivity contribution in [1.82, 2.24) is 9.13 Å². The van der Waals surface area contributed by atoms with E-state index in [1.54, 1.807) is 10.6 Å². The van der Waals surface area contributed by atoms with Crippen molar-refractivity contribution in [2.24, 2.45) is 7.05 Å². The Balaban J connectivity index is 2.30. The summed E-state index contributed by atoms with van der Waals surface area (Å²) in [4.78, 5) is 26.3. The zero-order valence-corrected chi connectivity index (χ0v) is 13.2. The van der Waals surface area contributed by atoms with Crippen molar-refractivity contribution in [3.8, 4) is 0 Å². The fourth-order valence-corrected chi connectivity index (χ4v) is 3.51. The van der Waals surface area contributed by atoms with Gasteiger partial charge in [0.2, 0.25) is 0 Å². The highest BCUT2D eigenvalue weighted by molar-refractivity contribution is 7.18. The SMILES string of the molecule is Cc1cc2c(=O)n(C)c(=O)n(Cc3ccccc3Cl)c2s1. The van der Waals surface area contributed by atoms with E-state index in [1.165, 1.54) is 18.4 Å². The third-order valence-corrected chi connectivity index (χ3v) is 4.86. The maximum atomic E-state index is 12.4. The average molecular weight is 321 g/mol. The van der Waals surface area contributed by atoms with Gasteiger partial charge in [0.25, 0.3) is 5.56 Å². The van der Waals surface area contributed by atoms with E-state index in [0.29, 0.717) is 21.8 Å². The summed E-state index contributed by atoms with van der Waals surface area (Å²) in [5.74, 6) is 0. The van der Waals surface area contributed by atoms with Gasteiger partial charge < -0.3 is 0 Å². The molecule has 3 rings (SSSR count). The maximum absolute atomic E-state index is 12.4. The molecule has 0 amide bonds. The van der Waals surface area contributed by atoms with Gasteiger partial charge in [0.1, 0.15) is 4.83 Å². The number of thiophene rings is 1. The number of fused-ring (bicyclic) bond motifs is 1. The molecule has 21 heavy (non-hydrogen) atoms. The molecule has 3 aromatic rings. The summed E-state index contributed by atoms with van der Waals surface area (Å²) in [5.41, 5.74) is 0.274. The van der Waals surface area contributed by atoms with E-state index in [9.17, 15) is 9.59 Å². The van der Waals surface area contributed by atoms with E-state index in [0.717, 1.165) is 15.0 Å². The molecular formula is C15H13ClN2O2S. The van der Waals surface area contributed by atoms with Crippen LogP contribution >= 0.6 is 22.9 Å². The van der Waals surface area contributed by atoms with Crippen molar-refractivity contribution in [1.29, 1.82) is 0 Å². The average Bonchev–Trinajstić information content (AvgIpc) is 2.85. The van der Waals surface area contributed by atoms with Gasteiger partial charge in [-0.25, -0.2) is 4.79 Å². The summed E-state index contributed by atoms with van der Waals surface area (Å²) >= 11 is 7.62. The Morgan fingerprint density at radius 3 is 2.67 bits per heavy atom. The lowest BCUT2D eigenvalue weighted by Gasteiger charge is -2.10. The molecule has 2 aromatic heterocycles. The second-order valence-electron chi connectivity index (χ2n) is 4.90. The van der Waals surface area contributed by atoms with Crippen molar-refractivity contribution in [3.63, 3.8) is 0 Å². The Bertz CT molecular complexity index is 952. The molecule has 0 aliphatic rings. The van der Waals surface area contributed by atoms with E-state index in [1.807, 2.05) is 31.2 Å². The van der Waals surface area contributed by atoms with Crippen LogP contribution in [0.4, 0.5) is 0 Å². The smallest absolute Gasteiger partial charge is 0.280 e. The predicted molar refractivity (Wildman–Crippen MR) is 86.6 cm³/mol. The number of aromatic nitrogens is 2. The molecule has 0 spiro atoms. The van der Waals surface area contributed by atoms with Crippen LogP contribution < -0.4 is 11.2 Å². The van der Waals surface area contributed by atoms with Crippen LogP contribution in [0, 0.1) is 6.92 Å². The molecule has 0 unspecified atom stereocenters. The van der Waals surface area contributed by atoms with Crippen molar-refractivity contribution in [3.05, 3.63) is 66.6 Å². The number of rotatable bonds is 2. The van der Waals surface area contributed by atoms with Crippen LogP contribution in [0.5, 0.6) is 0 Å². The molecule has 0 fully saturated rings. The van der Waals surface area contributed by atoms with Gasteiger partial charge >= 0.3 is 5.69 Å². The minimum absolute atomic E-state index is 0.255. The minimum atomic E-state index is -0.325. The number of hydrogen-bond donors (Lipinski definition) is 0. The van der Waals surface area contributed by atoms with Gasteiger partial charge in [0.15, 0.2) is 0 Å². The Labute approximate surface area is 129 Å². The lowest BCUT2D eigenvalue weighted by molar-refractivity contribution is 0.678. The molecule has 0 radical (unpaired) electrons. The zero-order valence-electron chi connectivity index (χ0n) is 11.6. The highest BCUT2D eigenvalue weighted by Crippen LogP contribution is 2.23. The largest absolute Gasteiger partial charge is 0.332 e. The molecule has 6 heteroatoms. The number of nitrogens with zero attached hydrogens (tertiary/aromatic N) is 2. The summed E-state index contributed by atoms with van der Waals surface area (Å²) in [7, 11) is 1.50. The van der Waals surface area contributed by atoms with E-state index < -0.39 is 0 Å². The fourth-order valence-electron chi connectivity index (χ4n) is 2.33. The molecule has 0 N–H and O–H groups in total.